The van der Waals surface area contributed by atoms with Gasteiger partial charge in [0.1, 0.15) is 5.65 Å². The summed E-state index contributed by atoms with van der Waals surface area (Å²) in [5.74, 6) is 0.211. The number of ether oxygens (including phenoxy) is 1. The first-order valence-electron chi connectivity index (χ1n) is 11.9. The molecule has 0 amide bonds. The number of pyridine rings is 1. The van der Waals surface area contributed by atoms with Gasteiger partial charge in [0.25, 0.3) is 0 Å². The Balaban J connectivity index is 1.36. The second-order valence-corrected chi connectivity index (χ2v) is 10.3. The summed E-state index contributed by atoms with van der Waals surface area (Å²) in [4.78, 5) is 19.0. The molecule has 0 spiro atoms. The minimum absolute atomic E-state index is 0.318. The molecule has 5 rings (SSSR count). The maximum atomic E-state index is 11.7. The fourth-order valence-electron chi connectivity index (χ4n) is 5.89. The third kappa shape index (κ3) is 4.42. The normalized spacial score (nSPS) is 23.2. The van der Waals surface area contributed by atoms with Crippen LogP contribution in [0.5, 0.6) is 0 Å². The third-order valence-corrected chi connectivity index (χ3v) is 7.32. The van der Waals surface area contributed by atoms with Crippen LogP contribution in [-0.2, 0) is 11.3 Å². The molecule has 2 aliphatic rings. The van der Waals surface area contributed by atoms with Crippen LogP contribution >= 0.6 is 0 Å². The summed E-state index contributed by atoms with van der Waals surface area (Å²) in [6.45, 7) is 5.29. The van der Waals surface area contributed by atoms with Crippen LogP contribution in [0, 0.1) is 0 Å². The number of aliphatic hydroxyl groups is 1. The van der Waals surface area contributed by atoms with Crippen LogP contribution in [0.15, 0.2) is 48.8 Å². The number of hydrogen-bond donors (Lipinski definition) is 1. The van der Waals surface area contributed by atoms with Crippen LogP contribution in [0.3, 0.4) is 0 Å². The van der Waals surface area contributed by atoms with E-state index in [-0.39, 0.29) is 5.97 Å². The average Bonchev–Trinajstić information content (AvgIpc) is 3.28. The van der Waals surface area contributed by atoms with Gasteiger partial charge in [-0.2, -0.15) is 0 Å². The van der Waals surface area contributed by atoms with E-state index in [1.54, 1.807) is 0 Å². The number of benzene rings is 1. The zero-order valence-electron chi connectivity index (χ0n) is 19.7. The molecule has 2 aliphatic heterocycles. The quantitative estimate of drug-likeness (QED) is 0.569. The molecule has 2 aromatic heterocycles. The zero-order valence-corrected chi connectivity index (χ0v) is 19.7. The van der Waals surface area contributed by atoms with Crippen molar-refractivity contribution in [3.05, 3.63) is 65.5 Å². The number of nitrogens with zero attached hydrogens (tertiary/aromatic N) is 3. The lowest BCUT2D eigenvalue weighted by Gasteiger charge is -2.41. The van der Waals surface area contributed by atoms with Crippen LogP contribution < -0.4 is 0 Å². The number of rotatable bonds is 6. The Labute approximate surface area is 195 Å². The lowest BCUT2D eigenvalue weighted by Crippen LogP contribution is -2.48. The maximum Gasteiger partial charge on any atom is 0.337 e. The van der Waals surface area contributed by atoms with Gasteiger partial charge in [-0.25, -0.2) is 9.78 Å². The van der Waals surface area contributed by atoms with E-state index in [1.807, 2.05) is 44.3 Å². The van der Waals surface area contributed by atoms with Gasteiger partial charge >= 0.3 is 5.97 Å². The minimum Gasteiger partial charge on any atom is -0.465 e. The molecule has 2 atom stereocenters. The lowest BCUT2D eigenvalue weighted by molar-refractivity contribution is 0.00299. The molecule has 2 fully saturated rings. The van der Waals surface area contributed by atoms with Gasteiger partial charge in [-0.15, -0.1) is 0 Å². The second kappa shape index (κ2) is 8.58. The molecule has 0 aliphatic carbocycles. The number of hydrogen-bond acceptors (Lipinski definition) is 5. The fourth-order valence-corrected chi connectivity index (χ4v) is 5.89. The zero-order chi connectivity index (χ0) is 23.2. The monoisotopic (exact) mass is 447 g/mol. The lowest BCUT2D eigenvalue weighted by atomic mass is 9.83. The molecule has 174 valence electrons. The summed E-state index contributed by atoms with van der Waals surface area (Å²) in [6.07, 6.45) is 8.81. The molecule has 0 saturated carbocycles. The molecule has 1 N–H and O–H groups in total. The van der Waals surface area contributed by atoms with Crippen molar-refractivity contribution in [1.29, 1.82) is 0 Å². The van der Waals surface area contributed by atoms with Gasteiger partial charge in [-0.1, -0.05) is 12.1 Å². The van der Waals surface area contributed by atoms with E-state index in [4.69, 9.17) is 9.72 Å². The Morgan fingerprint density at radius 3 is 2.45 bits per heavy atom. The van der Waals surface area contributed by atoms with E-state index in [0.29, 0.717) is 30.1 Å². The number of piperidine rings is 1. The average molecular weight is 448 g/mol. The number of aromatic nitrogens is 2. The third-order valence-electron chi connectivity index (χ3n) is 7.32. The summed E-state index contributed by atoms with van der Waals surface area (Å²) in [6, 6.07) is 13.1. The molecule has 4 heterocycles. The number of methoxy groups -OCH3 is 1. The standard InChI is InChI=1S/C27H33N3O3/c1-27(2,32)17-30-21-8-9-22(30)15-20(14-21)23-10-12-28-25-24(23)11-13-29(25)16-18-4-6-19(7-5-18)26(31)33-3/h4-7,10-13,20-22,32H,8-9,14-17H2,1-3H3. The molecule has 6 heteroatoms. The van der Waals surface area contributed by atoms with Gasteiger partial charge in [-0.3, -0.25) is 4.90 Å². The summed E-state index contributed by atoms with van der Waals surface area (Å²) >= 11 is 0. The first kappa shape index (κ1) is 22.1. The van der Waals surface area contributed by atoms with E-state index in [1.165, 1.54) is 30.9 Å². The van der Waals surface area contributed by atoms with Crippen molar-refractivity contribution in [3.63, 3.8) is 0 Å². The highest BCUT2D eigenvalue weighted by molar-refractivity contribution is 5.89. The summed E-state index contributed by atoms with van der Waals surface area (Å²) < 4.78 is 6.98. The van der Waals surface area contributed by atoms with Gasteiger partial charge in [0.2, 0.25) is 0 Å². The first-order valence-corrected chi connectivity index (χ1v) is 11.9. The predicted molar refractivity (Wildman–Crippen MR) is 128 cm³/mol. The first-order chi connectivity index (χ1) is 15.8. The summed E-state index contributed by atoms with van der Waals surface area (Å²) in [5, 5.41) is 11.6. The number of carbonyl (C=O) groups is 1. The Hall–Kier alpha value is -2.70. The maximum absolute atomic E-state index is 11.7. The molecule has 2 saturated heterocycles. The van der Waals surface area contributed by atoms with Gasteiger partial charge in [0, 0.05) is 43.0 Å². The highest BCUT2D eigenvalue weighted by atomic mass is 16.5. The Morgan fingerprint density at radius 2 is 1.82 bits per heavy atom. The van der Waals surface area contributed by atoms with Crippen LogP contribution in [0.2, 0.25) is 0 Å². The molecule has 33 heavy (non-hydrogen) atoms. The Kier molecular flexibility index (Phi) is 5.75. The van der Waals surface area contributed by atoms with Crippen LogP contribution in [0.25, 0.3) is 11.0 Å². The highest BCUT2D eigenvalue weighted by Crippen LogP contribution is 2.45. The molecule has 3 aromatic rings. The highest BCUT2D eigenvalue weighted by Gasteiger charge is 2.42. The molecular formula is C27H33N3O3. The molecule has 0 radical (unpaired) electrons. The SMILES string of the molecule is COC(=O)c1ccc(Cn2ccc3c(C4CC5CCC(C4)N5CC(C)(C)O)ccnc32)cc1. The van der Waals surface area contributed by atoms with Crippen molar-refractivity contribution in [2.75, 3.05) is 13.7 Å². The van der Waals surface area contributed by atoms with Crippen molar-refractivity contribution >= 4 is 17.0 Å². The minimum atomic E-state index is -0.649. The van der Waals surface area contributed by atoms with Gasteiger partial charge in [0.05, 0.1) is 18.3 Å². The smallest absolute Gasteiger partial charge is 0.337 e. The van der Waals surface area contributed by atoms with Crippen molar-refractivity contribution in [2.24, 2.45) is 0 Å². The van der Waals surface area contributed by atoms with Crippen molar-refractivity contribution in [1.82, 2.24) is 14.5 Å². The van der Waals surface area contributed by atoms with Crippen molar-refractivity contribution in [3.8, 4) is 0 Å². The van der Waals surface area contributed by atoms with Gasteiger partial charge in [-0.05, 0) is 80.8 Å². The summed E-state index contributed by atoms with van der Waals surface area (Å²) in [7, 11) is 1.40. The van der Waals surface area contributed by atoms with Crippen LogP contribution in [0.4, 0.5) is 0 Å². The number of fused-ring (bicyclic) bond motifs is 3. The summed E-state index contributed by atoms with van der Waals surface area (Å²) in [5.41, 5.74) is 3.44. The Bertz CT molecular complexity index is 1130. The number of esters is 1. The van der Waals surface area contributed by atoms with Crippen LogP contribution in [0.1, 0.15) is 66.9 Å². The largest absolute Gasteiger partial charge is 0.465 e. The van der Waals surface area contributed by atoms with E-state index in [9.17, 15) is 9.90 Å². The number of carbonyl (C=O) groups excluding carboxylic acids is 1. The Morgan fingerprint density at radius 1 is 1.12 bits per heavy atom. The fraction of sp³-hybridized carbons (Fsp3) is 0.481. The molecular weight excluding hydrogens is 414 g/mol. The topological polar surface area (TPSA) is 67.6 Å². The van der Waals surface area contributed by atoms with Crippen molar-refractivity contribution in [2.45, 2.75) is 69.7 Å². The molecule has 2 unspecified atom stereocenters. The van der Waals surface area contributed by atoms with E-state index in [2.05, 4.69) is 27.8 Å². The molecule has 6 nitrogen and oxygen atoms in total. The molecule has 2 bridgehead atoms. The van der Waals surface area contributed by atoms with Gasteiger partial charge < -0.3 is 14.4 Å². The van der Waals surface area contributed by atoms with E-state index < -0.39 is 5.60 Å². The van der Waals surface area contributed by atoms with E-state index >= 15 is 0 Å². The van der Waals surface area contributed by atoms with Crippen LogP contribution in [-0.4, -0.2) is 56.9 Å². The second-order valence-electron chi connectivity index (χ2n) is 10.3. The van der Waals surface area contributed by atoms with E-state index in [0.717, 1.165) is 30.6 Å². The van der Waals surface area contributed by atoms with Crippen molar-refractivity contribution < 1.29 is 14.6 Å². The molecule has 1 aromatic carbocycles. The predicted octanol–water partition coefficient (Wildman–Crippen LogP) is 4.35. The van der Waals surface area contributed by atoms with Gasteiger partial charge in [0.15, 0.2) is 0 Å².